The number of dihydropyridines is 2. The number of allylic oxidation sites excluding steroid dienone is 2. The van der Waals surface area contributed by atoms with E-state index in [2.05, 4.69) is 41.9 Å². The van der Waals surface area contributed by atoms with Crippen LogP contribution in [-0.4, -0.2) is 12.1 Å². The highest BCUT2D eigenvalue weighted by Crippen LogP contribution is 2.12. The summed E-state index contributed by atoms with van der Waals surface area (Å²) in [4.78, 5) is 0. The molecule has 0 spiro atoms. The maximum Gasteiger partial charge on any atom is 0.0693 e. The lowest BCUT2D eigenvalue weighted by molar-refractivity contribution is 0.720. The molecule has 0 radical (unpaired) electrons. The average Bonchev–Trinajstić information content (AvgIpc) is 2.19. The van der Waals surface area contributed by atoms with E-state index in [1.165, 1.54) is 5.57 Å². The zero-order valence-corrected chi connectivity index (χ0v) is 7.70. The molecule has 2 atom stereocenters. The van der Waals surface area contributed by atoms with E-state index < -0.39 is 0 Å². The van der Waals surface area contributed by atoms with Gasteiger partial charge in [-0.3, -0.25) is 0 Å². The molecule has 2 N–H and O–H groups in total. The molecule has 0 aromatic rings. The molecule has 2 rings (SSSR count). The van der Waals surface area contributed by atoms with Gasteiger partial charge in [0.25, 0.3) is 0 Å². The Balaban J connectivity index is 2.12. The minimum atomic E-state index is 0.339. The van der Waals surface area contributed by atoms with Crippen molar-refractivity contribution in [3.8, 4) is 0 Å². The molecule has 2 heteroatoms. The van der Waals surface area contributed by atoms with Crippen molar-refractivity contribution in [1.82, 2.24) is 10.6 Å². The first-order valence-electron chi connectivity index (χ1n) is 4.60. The fourth-order valence-electron chi connectivity index (χ4n) is 1.55. The average molecular weight is 174 g/mol. The van der Waals surface area contributed by atoms with Crippen LogP contribution in [0.15, 0.2) is 48.4 Å². The van der Waals surface area contributed by atoms with Gasteiger partial charge in [0.05, 0.1) is 6.04 Å². The topological polar surface area (TPSA) is 24.1 Å². The van der Waals surface area contributed by atoms with Gasteiger partial charge in [0, 0.05) is 6.04 Å². The van der Waals surface area contributed by atoms with E-state index in [9.17, 15) is 0 Å². The Kier molecular flexibility index (Phi) is 2.21. The van der Waals surface area contributed by atoms with E-state index in [1.54, 1.807) is 0 Å². The normalized spacial score (nSPS) is 30.7. The van der Waals surface area contributed by atoms with Crippen molar-refractivity contribution >= 4 is 0 Å². The molecular weight excluding hydrogens is 160 g/mol. The van der Waals surface area contributed by atoms with Gasteiger partial charge in [-0.05, 0) is 37.0 Å². The van der Waals surface area contributed by atoms with Crippen molar-refractivity contribution in [2.75, 3.05) is 0 Å². The van der Waals surface area contributed by atoms with Crippen LogP contribution in [0.25, 0.3) is 0 Å². The van der Waals surface area contributed by atoms with E-state index in [-0.39, 0.29) is 0 Å². The summed E-state index contributed by atoms with van der Waals surface area (Å²) >= 11 is 0. The van der Waals surface area contributed by atoms with E-state index >= 15 is 0 Å². The largest absolute Gasteiger partial charge is 0.385 e. The summed E-state index contributed by atoms with van der Waals surface area (Å²) in [5.74, 6) is 0. The highest BCUT2D eigenvalue weighted by molar-refractivity contribution is 5.35. The maximum atomic E-state index is 3.29. The number of hydrogen-bond donors (Lipinski definition) is 2. The number of nitrogens with one attached hydrogen (secondary N) is 2. The van der Waals surface area contributed by atoms with Crippen LogP contribution in [0.1, 0.15) is 6.92 Å². The summed E-state index contributed by atoms with van der Waals surface area (Å²) in [6.45, 7) is 2.14. The van der Waals surface area contributed by atoms with E-state index in [4.69, 9.17) is 0 Å². The lowest BCUT2D eigenvalue weighted by atomic mass is 10.0. The predicted molar refractivity (Wildman–Crippen MR) is 55.0 cm³/mol. The molecular formula is C11H14N2. The summed E-state index contributed by atoms with van der Waals surface area (Å²) in [5.41, 5.74) is 1.33. The van der Waals surface area contributed by atoms with Crippen molar-refractivity contribution in [2.24, 2.45) is 0 Å². The van der Waals surface area contributed by atoms with Gasteiger partial charge in [0.1, 0.15) is 0 Å². The van der Waals surface area contributed by atoms with Crippen molar-refractivity contribution in [3.05, 3.63) is 48.4 Å². The molecule has 0 bridgehead atoms. The fourth-order valence-corrected chi connectivity index (χ4v) is 1.55. The third kappa shape index (κ3) is 1.83. The molecule has 68 valence electrons. The second kappa shape index (κ2) is 3.52. The molecule has 2 aliphatic rings. The third-order valence-corrected chi connectivity index (χ3v) is 2.22. The van der Waals surface area contributed by atoms with E-state index in [0.29, 0.717) is 12.1 Å². The molecule has 0 aliphatic carbocycles. The number of hydrogen-bond acceptors (Lipinski definition) is 2. The Morgan fingerprint density at radius 3 is 2.77 bits per heavy atom. The molecule has 0 fully saturated rings. The van der Waals surface area contributed by atoms with Crippen LogP contribution in [0.3, 0.4) is 0 Å². The molecule has 0 saturated heterocycles. The molecule has 2 heterocycles. The second-order valence-corrected chi connectivity index (χ2v) is 3.34. The van der Waals surface area contributed by atoms with Crippen LogP contribution >= 0.6 is 0 Å². The van der Waals surface area contributed by atoms with Crippen molar-refractivity contribution in [3.63, 3.8) is 0 Å². The van der Waals surface area contributed by atoms with Crippen LogP contribution in [-0.2, 0) is 0 Å². The van der Waals surface area contributed by atoms with Crippen LogP contribution < -0.4 is 10.6 Å². The lowest BCUT2D eigenvalue weighted by Crippen LogP contribution is -2.30. The van der Waals surface area contributed by atoms with Gasteiger partial charge in [-0.2, -0.15) is 0 Å². The van der Waals surface area contributed by atoms with Gasteiger partial charge in [-0.1, -0.05) is 18.2 Å². The van der Waals surface area contributed by atoms with Crippen LogP contribution in [0.5, 0.6) is 0 Å². The van der Waals surface area contributed by atoms with Crippen molar-refractivity contribution in [1.29, 1.82) is 0 Å². The van der Waals surface area contributed by atoms with Gasteiger partial charge < -0.3 is 10.6 Å². The van der Waals surface area contributed by atoms with Crippen LogP contribution in [0.4, 0.5) is 0 Å². The van der Waals surface area contributed by atoms with Crippen molar-refractivity contribution < 1.29 is 0 Å². The highest BCUT2D eigenvalue weighted by atomic mass is 14.9. The zero-order valence-electron chi connectivity index (χ0n) is 7.70. The molecule has 0 saturated carbocycles. The molecule has 2 aliphatic heterocycles. The Labute approximate surface area is 78.7 Å². The Morgan fingerprint density at radius 2 is 2.08 bits per heavy atom. The summed E-state index contributed by atoms with van der Waals surface area (Å²) in [6.07, 6.45) is 14.6. The summed E-state index contributed by atoms with van der Waals surface area (Å²) in [6, 6.07) is 0.770. The first-order chi connectivity index (χ1) is 6.36. The smallest absolute Gasteiger partial charge is 0.0693 e. The van der Waals surface area contributed by atoms with E-state index in [0.717, 1.165) is 0 Å². The summed E-state index contributed by atoms with van der Waals surface area (Å²) in [7, 11) is 0. The third-order valence-electron chi connectivity index (χ3n) is 2.22. The van der Waals surface area contributed by atoms with Crippen LogP contribution in [0, 0.1) is 0 Å². The van der Waals surface area contributed by atoms with Crippen LogP contribution in [0.2, 0.25) is 0 Å². The summed E-state index contributed by atoms with van der Waals surface area (Å²) in [5, 5.41) is 6.52. The molecule has 2 nitrogen and oxygen atoms in total. The molecule has 2 unspecified atom stereocenters. The van der Waals surface area contributed by atoms with Gasteiger partial charge in [0.2, 0.25) is 0 Å². The lowest BCUT2D eigenvalue weighted by Gasteiger charge is -2.22. The zero-order chi connectivity index (χ0) is 9.10. The fraction of sp³-hybridized carbons (Fsp3) is 0.273. The second-order valence-electron chi connectivity index (χ2n) is 3.34. The molecule has 0 aromatic heterocycles. The first kappa shape index (κ1) is 8.17. The van der Waals surface area contributed by atoms with Gasteiger partial charge in [-0.15, -0.1) is 0 Å². The SMILES string of the molecule is CC1C=C(C2C=CC=CN2)C=CN1. The van der Waals surface area contributed by atoms with E-state index in [1.807, 2.05) is 18.5 Å². The minimum Gasteiger partial charge on any atom is -0.385 e. The monoisotopic (exact) mass is 174 g/mol. The molecule has 0 aromatic carbocycles. The number of rotatable bonds is 1. The predicted octanol–water partition coefficient (Wildman–Crippen LogP) is 1.46. The summed E-state index contributed by atoms with van der Waals surface area (Å²) < 4.78 is 0. The Morgan fingerprint density at radius 1 is 1.15 bits per heavy atom. The first-order valence-corrected chi connectivity index (χ1v) is 4.60. The van der Waals surface area contributed by atoms with Gasteiger partial charge in [0.15, 0.2) is 0 Å². The van der Waals surface area contributed by atoms with Gasteiger partial charge >= 0.3 is 0 Å². The quantitative estimate of drug-likeness (QED) is 0.629. The molecule has 13 heavy (non-hydrogen) atoms. The molecule has 0 amide bonds. The Bertz CT molecular complexity index is 297. The minimum absolute atomic E-state index is 0.339. The standard InChI is InChI=1S/C11H14N2/c1-9-8-10(5-7-12-9)11-4-2-3-6-13-11/h2-9,11-13H,1H3. The Hall–Kier alpha value is -1.44. The maximum absolute atomic E-state index is 3.29. The van der Waals surface area contributed by atoms with Crippen molar-refractivity contribution in [2.45, 2.75) is 19.0 Å². The highest BCUT2D eigenvalue weighted by Gasteiger charge is 2.11. The van der Waals surface area contributed by atoms with Gasteiger partial charge in [-0.25, -0.2) is 0 Å².